The highest BCUT2D eigenvalue weighted by Gasteiger charge is 2.37. The molecule has 4 N–H and O–H groups in total. The van der Waals surface area contributed by atoms with Gasteiger partial charge in [0.1, 0.15) is 40.9 Å². The van der Waals surface area contributed by atoms with E-state index in [1.165, 1.54) is 11.6 Å². The number of piperazine rings is 2. The molecule has 5 aliphatic heterocycles. The molecule has 0 aliphatic carbocycles. The quantitative estimate of drug-likeness (QED) is 0.117. The van der Waals surface area contributed by atoms with E-state index in [1.807, 2.05) is 38.1 Å². The van der Waals surface area contributed by atoms with E-state index in [1.54, 1.807) is 29.3 Å². The predicted molar refractivity (Wildman–Crippen MR) is 255 cm³/mol. The molecule has 14 nitrogen and oxygen atoms in total. The first kappa shape index (κ1) is 43.4. The van der Waals surface area contributed by atoms with Crippen molar-refractivity contribution in [1.29, 1.82) is 0 Å². The van der Waals surface area contributed by atoms with Gasteiger partial charge in [-0.05, 0) is 83.5 Å². The van der Waals surface area contributed by atoms with Crippen LogP contribution in [-0.4, -0.2) is 139 Å². The zero-order valence-corrected chi connectivity index (χ0v) is 38.3. The number of nitrogens with one attached hydrogen (secondary N) is 1. The molecule has 67 heavy (non-hydrogen) atoms. The summed E-state index contributed by atoms with van der Waals surface area (Å²) in [7, 11) is 2.14. The number of aromatic hydroxyl groups is 3. The molecule has 0 radical (unpaired) electrons. The van der Waals surface area contributed by atoms with Crippen LogP contribution in [0.3, 0.4) is 0 Å². The van der Waals surface area contributed by atoms with Gasteiger partial charge >= 0.3 is 6.01 Å². The number of carbonyl (C=O) groups is 1. The maximum absolute atomic E-state index is 16.9. The summed E-state index contributed by atoms with van der Waals surface area (Å²) < 4.78 is 23.4. The Morgan fingerprint density at radius 1 is 0.881 bits per heavy atom. The van der Waals surface area contributed by atoms with Gasteiger partial charge in [0.05, 0.1) is 10.9 Å². The van der Waals surface area contributed by atoms with Crippen LogP contribution in [0.1, 0.15) is 71.6 Å². The zero-order valence-electron chi connectivity index (χ0n) is 38.3. The summed E-state index contributed by atoms with van der Waals surface area (Å²) in [5.74, 6) is -0.330. The van der Waals surface area contributed by atoms with Gasteiger partial charge in [-0.2, -0.15) is 9.97 Å². The van der Waals surface area contributed by atoms with Gasteiger partial charge in [0.25, 0.3) is 5.91 Å². The van der Waals surface area contributed by atoms with Crippen molar-refractivity contribution in [3.8, 4) is 34.5 Å². The predicted octanol–water partition coefficient (Wildman–Crippen LogP) is 6.59. The number of carbonyl (C=O) groups excluding carboxylic acids is 1. The number of likely N-dealkylation sites (tertiary alicyclic amines) is 1. The summed E-state index contributed by atoms with van der Waals surface area (Å²) in [6.07, 6.45) is 4.79. The molecule has 348 valence electrons. The first-order valence-corrected chi connectivity index (χ1v) is 23.8. The van der Waals surface area contributed by atoms with E-state index in [9.17, 15) is 20.1 Å². The van der Waals surface area contributed by atoms with Gasteiger partial charge in [0.15, 0.2) is 5.82 Å². The number of hydrogen-bond acceptors (Lipinski definition) is 13. The number of ether oxygens (including phenoxy) is 1. The second-order valence-corrected chi connectivity index (χ2v) is 19.7. The van der Waals surface area contributed by atoms with Crippen LogP contribution in [0.15, 0.2) is 72.9 Å². The van der Waals surface area contributed by atoms with Crippen LogP contribution in [0.5, 0.6) is 23.3 Å². The average molecular weight is 908 g/mol. The van der Waals surface area contributed by atoms with Gasteiger partial charge in [0.2, 0.25) is 0 Å². The van der Waals surface area contributed by atoms with Crippen molar-refractivity contribution in [3.63, 3.8) is 0 Å². The molecule has 2 aromatic heterocycles. The molecule has 2 unspecified atom stereocenters. The van der Waals surface area contributed by atoms with E-state index in [0.717, 1.165) is 93.5 Å². The SMILES string of the molecule is CC(C)c1cc(C(=O)N2Cc3ccc(CN4CCN([C@H]5C[C@@H](COc6nc(N7CC8CCC(C7)N8)c7cnc(-c8cc(O)cc9ccccc89)c(F)c7n6)N(C)C5)CC4)cc3C2)c(O)cc1O. The molecular formula is C52H58FN9O5. The van der Waals surface area contributed by atoms with E-state index < -0.39 is 5.82 Å². The molecule has 6 aromatic rings. The van der Waals surface area contributed by atoms with E-state index in [0.29, 0.717) is 60.2 Å². The molecule has 11 rings (SSSR count). The second kappa shape index (κ2) is 17.5. The maximum atomic E-state index is 16.9. The minimum Gasteiger partial charge on any atom is -0.508 e. The number of anilines is 1. The lowest BCUT2D eigenvalue weighted by molar-refractivity contribution is 0.0748. The molecule has 1 amide bonds. The van der Waals surface area contributed by atoms with Gasteiger partial charge in [-0.25, -0.2) is 4.39 Å². The van der Waals surface area contributed by atoms with Crippen molar-refractivity contribution in [2.75, 3.05) is 64.4 Å². The summed E-state index contributed by atoms with van der Waals surface area (Å²) in [5, 5.41) is 37.3. The van der Waals surface area contributed by atoms with E-state index in [4.69, 9.17) is 14.7 Å². The van der Waals surface area contributed by atoms with Crippen LogP contribution >= 0.6 is 0 Å². The Balaban J connectivity index is 0.740. The Hall–Kier alpha value is -6.13. The van der Waals surface area contributed by atoms with Crippen molar-refractivity contribution >= 4 is 33.4 Å². The number of phenolic OH excluding ortho intramolecular Hbond substituents is 3. The molecule has 2 bridgehead atoms. The normalized spacial score (nSPS) is 22.4. The summed E-state index contributed by atoms with van der Waals surface area (Å²) in [6, 6.07) is 21.6. The number of hydrogen-bond donors (Lipinski definition) is 4. The summed E-state index contributed by atoms with van der Waals surface area (Å²) >= 11 is 0. The van der Waals surface area contributed by atoms with Gasteiger partial charge in [0, 0.05) is 107 Å². The molecule has 4 fully saturated rings. The Morgan fingerprint density at radius 3 is 2.45 bits per heavy atom. The van der Waals surface area contributed by atoms with Crippen LogP contribution < -0.4 is 15.0 Å². The topological polar surface area (TPSA) is 154 Å². The highest BCUT2D eigenvalue weighted by atomic mass is 19.1. The first-order chi connectivity index (χ1) is 32.4. The number of nitrogens with zero attached hydrogens (tertiary/aromatic N) is 8. The molecule has 7 heterocycles. The molecule has 0 saturated carbocycles. The third-order valence-corrected chi connectivity index (χ3v) is 14.9. The standard InChI is InChI=1S/C52H58FN9O5/c1-30(2)41-20-43(46(65)21-45(41)64)51(66)62-24-33-9-8-31(16-34(33)25-62)23-59-12-14-60(15-13-59)37-18-38(58(3)28-37)29-67-52-56-49-44(50(57-52)61-26-35-10-11-36(27-61)55-35)22-54-48(47(49)53)42-19-39(63)17-32-6-4-5-7-40(32)42/h4-9,16-17,19-22,30,35-38,55,63-65H,10-15,18,23-29H2,1-3H3/t35?,36?,37-,38-/m0/s1. The number of pyridine rings is 1. The lowest BCUT2D eigenvalue weighted by Crippen LogP contribution is -2.51. The molecule has 15 heteroatoms. The van der Waals surface area contributed by atoms with E-state index in [-0.39, 0.29) is 57.9 Å². The largest absolute Gasteiger partial charge is 0.508 e. The molecule has 4 atom stereocenters. The highest BCUT2D eigenvalue weighted by Crippen LogP contribution is 2.39. The Bertz CT molecular complexity index is 2880. The van der Waals surface area contributed by atoms with Crippen LogP contribution in [0.25, 0.3) is 32.9 Å². The van der Waals surface area contributed by atoms with Crippen molar-refractivity contribution < 1.29 is 29.2 Å². The molecule has 4 aromatic carbocycles. The lowest BCUT2D eigenvalue weighted by Gasteiger charge is -2.38. The maximum Gasteiger partial charge on any atom is 0.319 e. The van der Waals surface area contributed by atoms with Gasteiger partial charge in [-0.1, -0.05) is 56.3 Å². The van der Waals surface area contributed by atoms with Crippen molar-refractivity contribution in [1.82, 2.24) is 39.9 Å². The highest BCUT2D eigenvalue weighted by molar-refractivity contribution is 6.00. The number of benzene rings is 4. The fourth-order valence-corrected chi connectivity index (χ4v) is 11.3. The minimum absolute atomic E-state index is 0.00149. The van der Waals surface area contributed by atoms with E-state index >= 15 is 4.39 Å². The van der Waals surface area contributed by atoms with Crippen LogP contribution in [-0.2, 0) is 19.6 Å². The number of amides is 1. The number of halogens is 1. The van der Waals surface area contributed by atoms with Gasteiger partial charge in [-0.3, -0.25) is 24.5 Å². The van der Waals surface area contributed by atoms with Crippen LogP contribution in [0.2, 0.25) is 0 Å². The number of fused-ring (bicyclic) bond motifs is 5. The first-order valence-electron chi connectivity index (χ1n) is 23.8. The zero-order chi connectivity index (χ0) is 46.1. The van der Waals surface area contributed by atoms with Crippen molar-refractivity contribution in [2.45, 2.75) is 82.8 Å². The van der Waals surface area contributed by atoms with Crippen LogP contribution in [0, 0.1) is 5.82 Å². The molecular weight excluding hydrogens is 850 g/mol. The number of aromatic nitrogens is 3. The Labute approximate surface area is 389 Å². The smallest absolute Gasteiger partial charge is 0.319 e. The van der Waals surface area contributed by atoms with Crippen molar-refractivity contribution in [3.05, 3.63) is 107 Å². The second-order valence-electron chi connectivity index (χ2n) is 19.7. The van der Waals surface area contributed by atoms with Crippen LogP contribution in [0.4, 0.5) is 10.2 Å². The minimum atomic E-state index is -0.569. The number of phenols is 3. The lowest BCUT2D eigenvalue weighted by atomic mass is 9.98. The monoisotopic (exact) mass is 907 g/mol. The molecule has 5 aliphatic rings. The van der Waals surface area contributed by atoms with Crippen molar-refractivity contribution in [2.24, 2.45) is 0 Å². The van der Waals surface area contributed by atoms with Gasteiger partial charge < -0.3 is 35.2 Å². The average Bonchev–Trinajstić information content (AvgIpc) is 4.02. The number of likely N-dealkylation sites (N-methyl/N-ethyl adjacent to an activating group) is 1. The van der Waals surface area contributed by atoms with Gasteiger partial charge in [-0.15, -0.1) is 0 Å². The Morgan fingerprint density at radius 2 is 1.66 bits per heavy atom. The fourth-order valence-electron chi connectivity index (χ4n) is 11.3. The molecule has 4 saturated heterocycles. The third-order valence-electron chi connectivity index (χ3n) is 14.9. The third kappa shape index (κ3) is 8.36. The fraction of sp³-hybridized carbons (Fsp3) is 0.423. The molecule has 0 spiro atoms. The summed E-state index contributed by atoms with van der Waals surface area (Å²) in [4.78, 5) is 39.4. The summed E-state index contributed by atoms with van der Waals surface area (Å²) in [5.41, 5.74) is 5.10. The summed E-state index contributed by atoms with van der Waals surface area (Å²) in [6.45, 7) is 12.3. The Kier molecular flexibility index (Phi) is 11.4. The van der Waals surface area contributed by atoms with E-state index in [2.05, 4.69) is 55.1 Å². The number of rotatable bonds is 10.